The molecule has 0 saturated carbocycles. The van der Waals surface area contributed by atoms with Crippen molar-refractivity contribution in [2.24, 2.45) is 0 Å². The van der Waals surface area contributed by atoms with Crippen molar-refractivity contribution in [1.82, 2.24) is 4.98 Å². The van der Waals surface area contributed by atoms with E-state index in [9.17, 15) is 13.6 Å². The number of aromatic nitrogens is 1. The molecule has 1 amide bonds. The first-order chi connectivity index (χ1) is 13.9. The Balaban J connectivity index is 1.87. The van der Waals surface area contributed by atoms with Crippen molar-refractivity contribution < 1.29 is 13.6 Å². The predicted molar refractivity (Wildman–Crippen MR) is 111 cm³/mol. The van der Waals surface area contributed by atoms with Crippen molar-refractivity contribution in [2.45, 2.75) is 6.92 Å². The SMILES string of the molecule is Cc1c(-c2ccc(Cl)cc2)nc2ccccc2c1C(=O)Nc1ccc(F)cc1F. The highest BCUT2D eigenvalue weighted by molar-refractivity contribution is 6.30. The van der Waals surface area contributed by atoms with E-state index in [1.54, 1.807) is 31.2 Å². The van der Waals surface area contributed by atoms with Crippen LogP contribution >= 0.6 is 11.6 Å². The minimum atomic E-state index is -0.840. The summed E-state index contributed by atoms with van der Waals surface area (Å²) in [6.45, 7) is 1.79. The Morgan fingerprint density at radius 1 is 1.00 bits per heavy atom. The van der Waals surface area contributed by atoms with Gasteiger partial charge in [0.05, 0.1) is 22.5 Å². The van der Waals surface area contributed by atoms with Crippen molar-refractivity contribution >= 4 is 34.1 Å². The van der Waals surface area contributed by atoms with Gasteiger partial charge in [0.2, 0.25) is 0 Å². The lowest BCUT2D eigenvalue weighted by Gasteiger charge is -2.15. The molecule has 3 aromatic carbocycles. The number of rotatable bonds is 3. The number of fused-ring (bicyclic) bond motifs is 1. The Hall–Kier alpha value is -3.31. The first-order valence-corrected chi connectivity index (χ1v) is 9.23. The molecule has 0 aliphatic rings. The number of halogens is 3. The average Bonchev–Trinajstić information content (AvgIpc) is 2.70. The molecular formula is C23H15ClF2N2O. The first kappa shape index (κ1) is 19.0. The minimum absolute atomic E-state index is 0.0928. The maximum atomic E-state index is 14.0. The fraction of sp³-hybridized carbons (Fsp3) is 0.0435. The third-order valence-electron chi connectivity index (χ3n) is 4.66. The van der Waals surface area contributed by atoms with Crippen molar-refractivity contribution in [3.05, 3.63) is 94.5 Å². The molecule has 6 heteroatoms. The monoisotopic (exact) mass is 408 g/mol. The van der Waals surface area contributed by atoms with Crippen molar-refractivity contribution in [2.75, 3.05) is 5.32 Å². The Morgan fingerprint density at radius 2 is 1.72 bits per heavy atom. The van der Waals surface area contributed by atoms with Gasteiger partial charge in [-0.15, -0.1) is 0 Å². The molecule has 0 atom stereocenters. The fourth-order valence-corrected chi connectivity index (χ4v) is 3.39. The highest BCUT2D eigenvalue weighted by atomic mass is 35.5. The number of carbonyl (C=O) groups is 1. The van der Waals surface area contributed by atoms with E-state index >= 15 is 0 Å². The lowest BCUT2D eigenvalue weighted by molar-refractivity contribution is 0.102. The summed E-state index contributed by atoms with van der Waals surface area (Å²) in [5.74, 6) is -2.05. The third-order valence-corrected chi connectivity index (χ3v) is 4.91. The van der Waals surface area contributed by atoms with Crippen LogP contribution in [0.1, 0.15) is 15.9 Å². The molecule has 0 bridgehead atoms. The molecule has 3 nitrogen and oxygen atoms in total. The number of carbonyl (C=O) groups excluding carboxylic acids is 1. The summed E-state index contributed by atoms with van der Waals surface area (Å²) in [5.41, 5.74) is 3.00. The molecule has 29 heavy (non-hydrogen) atoms. The van der Waals surface area contributed by atoms with E-state index in [2.05, 4.69) is 5.32 Å². The number of anilines is 1. The number of pyridine rings is 1. The maximum absolute atomic E-state index is 14.0. The van der Waals surface area contributed by atoms with E-state index in [0.29, 0.717) is 32.7 Å². The van der Waals surface area contributed by atoms with Crippen LogP contribution in [0, 0.1) is 18.6 Å². The van der Waals surface area contributed by atoms with Crippen LogP contribution in [0.2, 0.25) is 5.02 Å². The molecule has 0 aliphatic carbocycles. The Morgan fingerprint density at radius 3 is 2.45 bits per heavy atom. The van der Waals surface area contributed by atoms with Crippen molar-refractivity contribution in [1.29, 1.82) is 0 Å². The Bertz CT molecular complexity index is 1240. The topological polar surface area (TPSA) is 42.0 Å². The number of benzene rings is 3. The molecule has 0 saturated heterocycles. The normalized spacial score (nSPS) is 10.9. The van der Waals surface area contributed by atoms with Crippen molar-refractivity contribution in [3.63, 3.8) is 0 Å². The smallest absolute Gasteiger partial charge is 0.256 e. The average molecular weight is 409 g/mol. The van der Waals surface area contributed by atoms with Crippen LogP contribution in [0.4, 0.5) is 14.5 Å². The molecule has 1 N–H and O–H groups in total. The maximum Gasteiger partial charge on any atom is 0.256 e. The van der Waals surface area contributed by atoms with Gasteiger partial charge in [-0.3, -0.25) is 4.79 Å². The predicted octanol–water partition coefficient (Wildman–Crippen LogP) is 6.39. The second-order valence-electron chi connectivity index (χ2n) is 6.56. The molecule has 0 unspecified atom stereocenters. The van der Waals surface area contributed by atoms with E-state index in [1.165, 1.54) is 6.07 Å². The summed E-state index contributed by atoms with van der Waals surface area (Å²) in [6, 6.07) is 17.4. The summed E-state index contributed by atoms with van der Waals surface area (Å²) in [7, 11) is 0. The third kappa shape index (κ3) is 3.69. The zero-order valence-corrected chi connectivity index (χ0v) is 16.1. The van der Waals surface area contributed by atoms with Gasteiger partial charge in [-0.1, -0.05) is 41.9 Å². The highest BCUT2D eigenvalue weighted by Gasteiger charge is 2.20. The van der Waals surface area contributed by atoms with Crippen LogP contribution in [0.15, 0.2) is 66.7 Å². The molecule has 1 aromatic heterocycles. The summed E-state index contributed by atoms with van der Waals surface area (Å²) in [6.07, 6.45) is 0. The van der Waals surface area contributed by atoms with Gasteiger partial charge in [-0.05, 0) is 42.8 Å². The number of hydrogen-bond donors (Lipinski definition) is 1. The second-order valence-corrected chi connectivity index (χ2v) is 7.00. The second kappa shape index (κ2) is 7.60. The molecule has 0 spiro atoms. The van der Waals surface area contributed by atoms with Crippen LogP contribution in [-0.2, 0) is 0 Å². The van der Waals surface area contributed by atoms with Crippen LogP contribution in [0.5, 0.6) is 0 Å². The van der Waals surface area contributed by atoms with Crippen molar-refractivity contribution in [3.8, 4) is 11.3 Å². The van der Waals surface area contributed by atoms with E-state index in [1.807, 2.05) is 24.3 Å². The highest BCUT2D eigenvalue weighted by Crippen LogP contribution is 2.31. The van der Waals surface area contributed by atoms with Gasteiger partial charge in [-0.2, -0.15) is 0 Å². The van der Waals surface area contributed by atoms with E-state index < -0.39 is 17.5 Å². The molecule has 4 rings (SSSR count). The quantitative estimate of drug-likeness (QED) is 0.426. The van der Waals surface area contributed by atoms with Crippen LogP contribution < -0.4 is 5.32 Å². The lowest BCUT2D eigenvalue weighted by atomic mass is 9.97. The van der Waals surface area contributed by atoms with Gasteiger partial charge in [-0.25, -0.2) is 13.8 Å². The van der Waals surface area contributed by atoms with Gasteiger partial charge >= 0.3 is 0 Å². The molecule has 144 valence electrons. The summed E-state index contributed by atoms with van der Waals surface area (Å²) in [5, 5.41) is 3.78. The standard InChI is InChI=1S/C23H15ClF2N2O/c1-13-21(23(29)28-20-11-10-16(25)12-18(20)26)17-4-2-3-5-19(17)27-22(13)14-6-8-15(24)9-7-14/h2-12H,1H3,(H,28,29). The fourth-order valence-electron chi connectivity index (χ4n) is 3.26. The Kier molecular flexibility index (Phi) is 4.99. The largest absolute Gasteiger partial charge is 0.319 e. The van der Waals surface area contributed by atoms with Gasteiger partial charge in [0, 0.05) is 22.0 Å². The van der Waals surface area contributed by atoms with Crippen LogP contribution in [-0.4, -0.2) is 10.9 Å². The van der Waals surface area contributed by atoms with E-state index in [4.69, 9.17) is 16.6 Å². The molecule has 4 aromatic rings. The zero-order chi connectivity index (χ0) is 20.5. The van der Waals surface area contributed by atoms with E-state index in [-0.39, 0.29) is 5.69 Å². The van der Waals surface area contributed by atoms with Gasteiger partial charge < -0.3 is 5.32 Å². The minimum Gasteiger partial charge on any atom is -0.319 e. The van der Waals surface area contributed by atoms with Gasteiger partial charge in [0.25, 0.3) is 5.91 Å². The first-order valence-electron chi connectivity index (χ1n) is 8.86. The van der Waals surface area contributed by atoms with E-state index in [0.717, 1.165) is 17.7 Å². The van der Waals surface area contributed by atoms with Crippen LogP contribution in [0.25, 0.3) is 22.2 Å². The molecule has 0 fully saturated rings. The number of nitrogens with one attached hydrogen (secondary N) is 1. The molecule has 0 aliphatic heterocycles. The van der Waals surface area contributed by atoms with Gasteiger partial charge in [0.15, 0.2) is 0 Å². The lowest BCUT2D eigenvalue weighted by Crippen LogP contribution is -2.16. The number of hydrogen-bond acceptors (Lipinski definition) is 2. The number of amides is 1. The Labute approximate surface area is 171 Å². The molecule has 1 heterocycles. The summed E-state index contributed by atoms with van der Waals surface area (Å²) >= 11 is 5.99. The molecular weight excluding hydrogens is 394 g/mol. The number of nitrogens with zero attached hydrogens (tertiary/aromatic N) is 1. The zero-order valence-electron chi connectivity index (χ0n) is 15.3. The van der Waals surface area contributed by atoms with Crippen LogP contribution in [0.3, 0.4) is 0 Å². The number of para-hydroxylation sites is 1. The summed E-state index contributed by atoms with van der Waals surface area (Å²) < 4.78 is 27.2. The van der Waals surface area contributed by atoms with Gasteiger partial charge in [0.1, 0.15) is 11.6 Å². The summed E-state index contributed by atoms with van der Waals surface area (Å²) in [4.78, 5) is 17.8. The molecule has 0 radical (unpaired) electrons.